The first-order chi connectivity index (χ1) is 16.0. The van der Waals surface area contributed by atoms with Gasteiger partial charge in [-0.25, -0.2) is 9.36 Å². The van der Waals surface area contributed by atoms with Crippen molar-refractivity contribution in [3.63, 3.8) is 0 Å². The number of aromatic nitrogens is 3. The summed E-state index contributed by atoms with van der Waals surface area (Å²) in [6.45, 7) is 2.99. The highest BCUT2D eigenvalue weighted by molar-refractivity contribution is 5.86. The molecule has 170 valence electrons. The molecule has 2 aromatic heterocycles. The molecule has 1 aliphatic rings. The van der Waals surface area contributed by atoms with Gasteiger partial charge in [0.05, 0.1) is 25.4 Å². The predicted molar refractivity (Wildman–Crippen MR) is 124 cm³/mol. The van der Waals surface area contributed by atoms with Crippen LogP contribution in [0.2, 0.25) is 0 Å². The number of rotatable bonds is 5. The largest absolute Gasteiger partial charge is 0.497 e. The number of nitrogens with one attached hydrogen (secondary N) is 3. The Morgan fingerprint density at radius 1 is 1.09 bits per heavy atom. The fraction of sp³-hybridized carbons (Fsp3) is 0.250. The lowest BCUT2D eigenvalue weighted by Gasteiger charge is -2.25. The van der Waals surface area contributed by atoms with Crippen LogP contribution < -0.4 is 26.0 Å². The zero-order chi connectivity index (χ0) is 23.1. The van der Waals surface area contributed by atoms with Crippen molar-refractivity contribution >= 4 is 10.9 Å². The zero-order valence-corrected chi connectivity index (χ0v) is 18.3. The van der Waals surface area contributed by atoms with Gasteiger partial charge < -0.3 is 24.9 Å². The molecule has 1 atom stereocenters. The van der Waals surface area contributed by atoms with Gasteiger partial charge in [-0.2, -0.15) is 0 Å². The van der Waals surface area contributed by atoms with Crippen LogP contribution in [0.4, 0.5) is 0 Å². The van der Waals surface area contributed by atoms with Crippen molar-refractivity contribution in [1.29, 1.82) is 0 Å². The van der Waals surface area contributed by atoms with Gasteiger partial charge in [-0.05, 0) is 61.4 Å². The van der Waals surface area contributed by atoms with Crippen LogP contribution >= 0.6 is 0 Å². The van der Waals surface area contributed by atoms with Gasteiger partial charge in [0, 0.05) is 23.1 Å². The molecule has 0 amide bonds. The maximum atomic E-state index is 12.9. The third-order valence-corrected chi connectivity index (χ3v) is 5.97. The van der Waals surface area contributed by atoms with E-state index < -0.39 is 23.2 Å². The molecule has 1 aliphatic heterocycles. The number of hydrogen-bond acceptors (Lipinski definition) is 6. The average molecular weight is 448 g/mol. The molecule has 0 radical (unpaired) electrons. The van der Waals surface area contributed by atoms with Crippen LogP contribution in [0.3, 0.4) is 0 Å². The van der Waals surface area contributed by atoms with E-state index in [2.05, 4.69) is 15.3 Å². The standard InChI is InChI=1S/C24H24N4O5/c1-3-33-14-6-4-13(5-7-14)28-23(30)19(22(29)27-24(28)31)21-20-16(10-11-25-21)17-12-15(32-2)8-9-18(17)26-20/h4-9,12,21,25-26,30H,3,10-11H2,1-2H3,(H,27,29,31)/t21-/m1/s1. The third-order valence-electron chi connectivity index (χ3n) is 5.97. The van der Waals surface area contributed by atoms with Gasteiger partial charge in [0.2, 0.25) is 5.88 Å². The summed E-state index contributed by atoms with van der Waals surface area (Å²) in [6.07, 6.45) is 0.746. The molecule has 0 saturated heterocycles. The molecule has 33 heavy (non-hydrogen) atoms. The fourth-order valence-corrected chi connectivity index (χ4v) is 4.48. The van der Waals surface area contributed by atoms with E-state index in [4.69, 9.17) is 9.47 Å². The molecule has 4 N–H and O–H groups in total. The number of fused-ring (bicyclic) bond motifs is 3. The summed E-state index contributed by atoms with van der Waals surface area (Å²) < 4.78 is 11.9. The van der Waals surface area contributed by atoms with Gasteiger partial charge in [0.15, 0.2) is 0 Å². The Morgan fingerprint density at radius 2 is 1.85 bits per heavy atom. The molecular weight excluding hydrogens is 424 g/mol. The molecule has 4 aromatic rings. The maximum Gasteiger partial charge on any atom is 0.335 e. The lowest BCUT2D eigenvalue weighted by molar-refractivity contribution is 0.340. The quantitative estimate of drug-likeness (QED) is 0.372. The normalized spacial score (nSPS) is 15.4. The summed E-state index contributed by atoms with van der Waals surface area (Å²) in [7, 11) is 1.62. The highest BCUT2D eigenvalue weighted by Crippen LogP contribution is 2.36. The number of aromatic hydroxyl groups is 1. The fourth-order valence-electron chi connectivity index (χ4n) is 4.48. The number of methoxy groups -OCH3 is 1. The molecule has 2 aromatic carbocycles. The number of hydrogen-bond donors (Lipinski definition) is 4. The lowest BCUT2D eigenvalue weighted by atomic mass is 9.95. The highest BCUT2D eigenvalue weighted by Gasteiger charge is 2.31. The van der Waals surface area contributed by atoms with Crippen molar-refractivity contribution < 1.29 is 14.6 Å². The minimum atomic E-state index is -0.720. The molecule has 9 heteroatoms. The molecule has 0 spiro atoms. The van der Waals surface area contributed by atoms with E-state index in [1.165, 1.54) is 0 Å². The minimum Gasteiger partial charge on any atom is -0.497 e. The first kappa shape index (κ1) is 20.9. The van der Waals surface area contributed by atoms with Crippen LogP contribution in [-0.2, 0) is 6.42 Å². The summed E-state index contributed by atoms with van der Waals surface area (Å²) >= 11 is 0. The van der Waals surface area contributed by atoms with Crippen molar-refractivity contribution in [2.75, 3.05) is 20.3 Å². The summed E-state index contributed by atoms with van der Waals surface area (Å²) in [6, 6.07) is 11.8. The van der Waals surface area contributed by atoms with E-state index in [1.807, 2.05) is 25.1 Å². The Morgan fingerprint density at radius 3 is 2.58 bits per heavy atom. The Kier molecular flexibility index (Phi) is 5.18. The Hall–Kier alpha value is -3.98. The molecule has 0 unspecified atom stereocenters. The molecule has 0 aliphatic carbocycles. The monoisotopic (exact) mass is 448 g/mol. The van der Waals surface area contributed by atoms with Gasteiger partial charge in [0.25, 0.3) is 5.56 Å². The van der Waals surface area contributed by atoms with E-state index >= 15 is 0 Å². The van der Waals surface area contributed by atoms with Crippen molar-refractivity contribution in [2.24, 2.45) is 0 Å². The smallest absolute Gasteiger partial charge is 0.335 e. The minimum absolute atomic E-state index is 0.0722. The van der Waals surface area contributed by atoms with Crippen LogP contribution in [0.5, 0.6) is 17.4 Å². The lowest BCUT2D eigenvalue weighted by Crippen LogP contribution is -2.38. The molecular formula is C24H24N4O5. The second kappa shape index (κ2) is 8.18. The first-order valence-corrected chi connectivity index (χ1v) is 10.7. The van der Waals surface area contributed by atoms with E-state index in [0.717, 1.165) is 38.9 Å². The van der Waals surface area contributed by atoms with Crippen molar-refractivity contribution in [3.05, 3.63) is 80.1 Å². The number of nitrogens with zero attached hydrogens (tertiary/aromatic N) is 1. The number of H-pyrrole nitrogens is 2. The van der Waals surface area contributed by atoms with Gasteiger partial charge in [-0.1, -0.05) is 0 Å². The maximum absolute atomic E-state index is 12.9. The van der Waals surface area contributed by atoms with Crippen LogP contribution in [0.15, 0.2) is 52.1 Å². The van der Waals surface area contributed by atoms with E-state index in [-0.39, 0.29) is 5.56 Å². The van der Waals surface area contributed by atoms with Crippen LogP contribution in [0, 0.1) is 0 Å². The van der Waals surface area contributed by atoms with Gasteiger partial charge in [-0.15, -0.1) is 0 Å². The van der Waals surface area contributed by atoms with E-state index in [9.17, 15) is 14.7 Å². The number of aromatic amines is 2. The summed E-state index contributed by atoms with van der Waals surface area (Å²) in [5.74, 6) is 0.976. The van der Waals surface area contributed by atoms with Crippen LogP contribution in [0.25, 0.3) is 16.6 Å². The zero-order valence-electron chi connectivity index (χ0n) is 18.3. The third kappa shape index (κ3) is 3.46. The van der Waals surface area contributed by atoms with E-state index in [1.54, 1.807) is 31.4 Å². The van der Waals surface area contributed by atoms with Crippen LogP contribution in [-0.4, -0.2) is 39.9 Å². The second-order valence-corrected chi connectivity index (χ2v) is 7.82. The second-order valence-electron chi connectivity index (χ2n) is 7.82. The van der Waals surface area contributed by atoms with Crippen LogP contribution in [0.1, 0.15) is 29.8 Å². The average Bonchev–Trinajstić information content (AvgIpc) is 3.19. The molecule has 3 heterocycles. The van der Waals surface area contributed by atoms with Gasteiger partial charge >= 0.3 is 5.69 Å². The molecule has 0 fully saturated rings. The molecule has 0 saturated carbocycles. The highest BCUT2D eigenvalue weighted by atomic mass is 16.5. The van der Waals surface area contributed by atoms with Crippen molar-refractivity contribution in [1.82, 2.24) is 19.9 Å². The molecule has 0 bridgehead atoms. The Balaban J connectivity index is 1.66. The van der Waals surface area contributed by atoms with Crippen molar-refractivity contribution in [3.8, 4) is 23.1 Å². The molecule has 9 nitrogen and oxygen atoms in total. The topological polar surface area (TPSA) is 121 Å². The first-order valence-electron chi connectivity index (χ1n) is 10.7. The number of ether oxygens (including phenoxy) is 2. The Labute approximate surface area is 188 Å². The SMILES string of the molecule is CCOc1ccc(-n2c(O)c([C@H]3NCCc4c3[nH]c3ccc(OC)cc43)c(=O)[nH]c2=O)cc1. The summed E-state index contributed by atoms with van der Waals surface area (Å²) in [5, 5.41) is 15.5. The predicted octanol–water partition coefficient (Wildman–Crippen LogP) is 2.36. The Bertz CT molecular complexity index is 1450. The summed E-state index contributed by atoms with van der Waals surface area (Å²) in [5.41, 5.74) is 1.86. The van der Waals surface area contributed by atoms with Gasteiger partial charge in [0.1, 0.15) is 17.1 Å². The van der Waals surface area contributed by atoms with Crippen molar-refractivity contribution in [2.45, 2.75) is 19.4 Å². The molecule has 5 rings (SSSR count). The number of benzene rings is 2. The van der Waals surface area contributed by atoms with Gasteiger partial charge in [-0.3, -0.25) is 9.78 Å². The summed E-state index contributed by atoms with van der Waals surface area (Å²) in [4.78, 5) is 31.3. The van der Waals surface area contributed by atoms with E-state index in [0.29, 0.717) is 24.6 Å².